The van der Waals surface area contributed by atoms with Gasteiger partial charge in [-0.3, -0.25) is 9.48 Å². The maximum atomic E-state index is 13.1. The molecule has 2 aromatic rings. The molecule has 4 fully saturated rings. The molecule has 4 aliphatic carbocycles. The van der Waals surface area contributed by atoms with Crippen molar-refractivity contribution in [3.8, 4) is 0 Å². The molecule has 9 nitrogen and oxygen atoms in total. The van der Waals surface area contributed by atoms with Crippen molar-refractivity contribution < 1.29 is 9.72 Å². The van der Waals surface area contributed by atoms with Crippen LogP contribution >= 0.6 is 15.9 Å². The Balaban J connectivity index is 1.35. The maximum Gasteiger partial charge on any atom is 0.404 e. The second kappa shape index (κ2) is 7.67. The van der Waals surface area contributed by atoms with E-state index in [1.54, 1.807) is 6.20 Å². The van der Waals surface area contributed by atoms with Crippen LogP contribution in [0.4, 0.5) is 5.82 Å². The van der Waals surface area contributed by atoms with E-state index in [0.29, 0.717) is 22.7 Å². The zero-order chi connectivity index (χ0) is 22.7. The highest BCUT2D eigenvalue weighted by molar-refractivity contribution is 9.10. The van der Waals surface area contributed by atoms with E-state index in [1.165, 1.54) is 6.42 Å². The first kappa shape index (κ1) is 21.6. The van der Waals surface area contributed by atoms with Crippen molar-refractivity contribution in [2.45, 2.75) is 76.9 Å². The standard InChI is InChI=1S/C22H29BrN6O3/c1-3-27-5-4-18(25-27)14(2)24-19(30)11-21-7-15-6-16(8-21)10-22(9-15,13-21)28-12-17(23)20(26-28)29(31)32/h4-5,12,14-16H,3,6-11,13H2,1-2H3,(H,24,30). The number of rotatable bonds is 7. The Labute approximate surface area is 195 Å². The summed E-state index contributed by atoms with van der Waals surface area (Å²) in [7, 11) is 0. The van der Waals surface area contributed by atoms with Crippen LogP contribution in [0.3, 0.4) is 0 Å². The van der Waals surface area contributed by atoms with E-state index in [9.17, 15) is 14.9 Å². The van der Waals surface area contributed by atoms with Crippen LogP contribution in [0, 0.1) is 27.4 Å². The van der Waals surface area contributed by atoms with Gasteiger partial charge in [0, 0.05) is 19.2 Å². The van der Waals surface area contributed by atoms with Crippen molar-refractivity contribution >= 4 is 27.7 Å². The number of nitro groups is 1. The van der Waals surface area contributed by atoms with Crippen LogP contribution in [-0.2, 0) is 16.9 Å². The fraction of sp³-hybridized carbons (Fsp3) is 0.682. The predicted octanol–water partition coefficient (Wildman–Crippen LogP) is 4.33. The molecule has 4 saturated carbocycles. The minimum atomic E-state index is -0.439. The number of hydrogen-bond donors (Lipinski definition) is 1. The van der Waals surface area contributed by atoms with Gasteiger partial charge in [-0.1, -0.05) is 0 Å². The van der Waals surface area contributed by atoms with Gasteiger partial charge >= 0.3 is 5.82 Å². The molecule has 0 spiro atoms. The molecular formula is C22H29BrN6O3. The summed E-state index contributed by atoms with van der Waals surface area (Å²) in [5, 5.41) is 23.4. The molecule has 1 N–H and O–H groups in total. The Morgan fingerprint density at radius 2 is 2.06 bits per heavy atom. The summed E-state index contributed by atoms with van der Waals surface area (Å²) in [4.78, 5) is 24.0. The van der Waals surface area contributed by atoms with Crippen molar-refractivity contribution in [1.82, 2.24) is 24.9 Å². The van der Waals surface area contributed by atoms with Crippen molar-refractivity contribution in [2.24, 2.45) is 17.3 Å². The van der Waals surface area contributed by atoms with Gasteiger partial charge < -0.3 is 15.4 Å². The third kappa shape index (κ3) is 3.66. The topological polar surface area (TPSA) is 108 Å². The maximum absolute atomic E-state index is 13.1. The number of aromatic nitrogens is 4. The SMILES string of the molecule is CCn1ccc(C(C)NC(=O)CC23CC4CC(C2)CC(n2cc(Br)c([N+](=O)[O-])n2)(C4)C3)n1. The van der Waals surface area contributed by atoms with Crippen molar-refractivity contribution in [1.29, 1.82) is 0 Å². The number of hydrogen-bond acceptors (Lipinski definition) is 5. The Morgan fingerprint density at radius 1 is 1.34 bits per heavy atom. The number of nitrogens with one attached hydrogen (secondary N) is 1. The van der Waals surface area contributed by atoms with Gasteiger partial charge in [0.05, 0.1) is 28.6 Å². The van der Waals surface area contributed by atoms with Crippen LogP contribution < -0.4 is 5.32 Å². The van der Waals surface area contributed by atoms with E-state index in [4.69, 9.17) is 0 Å². The molecule has 2 heterocycles. The first-order valence-electron chi connectivity index (χ1n) is 11.4. The third-order valence-electron chi connectivity index (χ3n) is 7.80. The van der Waals surface area contributed by atoms with Gasteiger partial charge in [-0.05, 0) is 96.5 Å². The zero-order valence-electron chi connectivity index (χ0n) is 18.5. The van der Waals surface area contributed by atoms with E-state index < -0.39 is 4.92 Å². The zero-order valence-corrected chi connectivity index (χ0v) is 20.0. The molecule has 3 atom stereocenters. The lowest BCUT2D eigenvalue weighted by molar-refractivity contribution is -0.390. The molecule has 3 unspecified atom stereocenters. The van der Waals surface area contributed by atoms with Crippen LogP contribution in [0.2, 0.25) is 0 Å². The first-order chi connectivity index (χ1) is 15.2. The second-order valence-electron chi connectivity index (χ2n) is 10.2. The summed E-state index contributed by atoms with van der Waals surface area (Å²) in [6.45, 7) is 4.81. The van der Waals surface area contributed by atoms with Gasteiger partial charge in [0.15, 0.2) is 0 Å². The monoisotopic (exact) mass is 504 g/mol. The van der Waals surface area contributed by atoms with E-state index >= 15 is 0 Å². The van der Waals surface area contributed by atoms with Crippen LogP contribution in [0.1, 0.15) is 70.5 Å². The predicted molar refractivity (Wildman–Crippen MR) is 121 cm³/mol. The van der Waals surface area contributed by atoms with Crippen LogP contribution in [0.25, 0.3) is 0 Å². The summed E-state index contributed by atoms with van der Waals surface area (Å²) in [6.07, 6.45) is 10.3. The fourth-order valence-electron chi connectivity index (χ4n) is 7.08. The molecule has 10 heteroatoms. The van der Waals surface area contributed by atoms with Gasteiger partial charge in [0.2, 0.25) is 5.91 Å². The van der Waals surface area contributed by atoms with Gasteiger partial charge in [-0.25, -0.2) is 0 Å². The Kier molecular flexibility index (Phi) is 5.18. The number of carbonyl (C=O) groups excluding carboxylic acids is 1. The number of aryl methyl sites for hydroxylation is 1. The lowest BCUT2D eigenvalue weighted by atomic mass is 9.46. The van der Waals surface area contributed by atoms with Crippen molar-refractivity contribution in [3.63, 3.8) is 0 Å². The molecule has 4 bridgehead atoms. The van der Waals surface area contributed by atoms with E-state index in [2.05, 4.69) is 31.4 Å². The van der Waals surface area contributed by atoms with Gasteiger partial charge in [-0.15, -0.1) is 0 Å². The quantitative estimate of drug-likeness (QED) is 0.445. The molecule has 172 valence electrons. The normalized spacial score (nSPS) is 31.6. The van der Waals surface area contributed by atoms with Gasteiger partial charge in [-0.2, -0.15) is 9.78 Å². The summed E-state index contributed by atoms with van der Waals surface area (Å²) < 4.78 is 4.13. The molecule has 4 aliphatic rings. The lowest BCUT2D eigenvalue weighted by Gasteiger charge is -2.61. The van der Waals surface area contributed by atoms with E-state index in [1.807, 2.05) is 35.5 Å². The molecule has 32 heavy (non-hydrogen) atoms. The van der Waals surface area contributed by atoms with Crippen LogP contribution in [0.5, 0.6) is 0 Å². The summed E-state index contributed by atoms with van der Waals surface area (Å²) in [5.41, 5.74) is 0.576. The Morgan fingerprint density at radius 3 is 2.66 bits per heavy atom. The van der Waals surface area contributed by atoms with Gasteiger partial charge in [0.25, 0.3) is 0 Å². The van der Waals surface area contributed by atoms with Crippen molar-refractivity contribution in [2.75, 3.05) is 0 Å². The van der Waals surface area contributed by atoms with Crippen molar-refractivity contribution in [3.05, 3.63) is 38.7 Å². The summed E-state index contributed by atoms with van der Waals surface area (Å²) >= 11 is 3.31. The lowest BCUT2D eigenvalue weighted by Crippen LogP contribution is -2.57. The third-order valence-corrected chi connectivity index (χ3v) is 8.36. The second-order valence-corrected chi connectivity index (χ2v) is 11.1. The highest BCUT2D eigenvalue weighted by atomic mass is 79.9. The van der Waals surface area contributed by atoms with Crippen LogP contribution in [0.15, 0.2) is 22.9 Å². The first-order valence-corrected chi connectivity index (χ1v) is 12.2. The molecule has 1 amide bonds. The largest absolute Gasteiger partial charge is 0.404 e. The average Bonchev–Trinajstić information content (AvgIpc) is 3.33. The molecule has 0 aromatic carbocycles. The molecular weight excluding hydrogens is 476 g/mol. The van der Waals surface area contributed by atoms with E-state index in [-0.39, 0.29) is 28.7 Å². The summed E-state index contributed by atoms with van der Waals surface area (Å²) in [5.74, 6) is 1.02. The number of halogens is 1. The van der Waals surface area contributed by atoms with Crippen LogP contribution in [-0.4, -0.2) is 30.4 Å². The van der Waals surface area contributed by atoms with Gasteiger partial charge in [0.1, 0.15) is 4.47 Å². The highest BCUT2D eigenvalue weighted by Crippen LogP contribution is 2.65. The number of carbonyl (C=O) groups is 1. The van der Waals surface area contributed by atoms with E-state index in [0.717, 1.165) is 44.3 Å². The molecule has 2 aromatic heterocycles. The smallest absolute Gasteiger partial charge is 0.358 e. The molecule has 0 radical (unpaired) electrons. The average molecular weight is 505 g/mol. The minimum Gasteiger partial charge on any atom is -0.358 e. The highest BCUT2D eigenvalue weighted by Gasteiger charge is 2.60. The fourth-order valence-corrected chi connectivity index (χ4v) is 7.50. The molecule has 0 aliphatic heterocycles. The Bertz CT molecular complexity index is 1050. The molecule has 6 rings (SSSR count). The number of amides is 1. The number of nitrogens with zero attached hydrogens (tertiary/aromatic N) is 5. The minimum absolute atomic E-state index is 0.0632. The summed E-state index contributed by atoms with van der Waals surface area (Å²) in [6, 6.07) is 1.82. The molecule has 0 saturated heterocycles. The Hall–Kier alpha value is -2.23.